The lowest BCUT2D eigenvalue weighted by Gasteiger charge is -2.36. The van der Waals surface area contributed by atoms with Gasteiger partial charge in [0.2, 0.25) is 11.8 Å². The molecule has 4 heterocycles. The van der Waals surface area contributed by atoms with Gasteiger partial charge < -0.3 is 10.4 Å². The summed E-state index contributed by atoms with van der Waals surface area (Å²) in [6.45, 7) is -0.132. The molecular formula is C22H15Cl4N3O4. The van der Waals surface area contributed by atoms with Crippen LogP contribution in [0.25, 0.3) is 0 Å². The topological polar surface area (TPSA) is 90.0 Å². The highest BCUT2D eigenvalue weighted by atomic mass is 35.5. The van der Waals surface area contributed by atoms with Gasteiger partial charge in [-0.3, -0.25) is 19.3 Å². The van der Waals surface area contributed by atoms with Crippen LogP contribution in [-0.4, -0.2) is 46.4 Å². The number of anilines is 2. The Morgan fingerprint density at radius 3 is 2.36 bits per heavy atom. The highest BCUT2D eigenvalue weighted by Gasteiger charge is 2.75. The van der Waals surface area contributed by atoms with Gasteiger partial charge in [-0.05, 0) is 36.8 Å². The Morgan fingerprint density at radius 2 is 1.67 bits per heavy atom. The van der Waals surface area contributed by atoms with E-state index in [1.165, 1.54) is 35.2 Å². The van der Waals surface area contributed by atoms with Crippen LogP contribution in [0.15, 0.2) is 30.3 Å². The maximum Gasteiger partial charge on any atom is 0.250 e. The van der Waals surface area contributed by atoms with Crippen molar-refractivity contribution in [3.05, 3.63) is 56.0 Å². The molecule has 4 aliphatic rings. The molecule has 4 aliphatic heterocycles. The maximum absolute atomic E-state index is 14.1. The molecule has 7 nitrogen and oxygen atoms in total. The van der Waals surface area contributed by atoms with Crippen molar-refractivity contribution in [2.24, 2.45) is 11.8 Å². The van der Waals surface area contributed by atoms with Crippen molar-refractivity contribution in [1.82, 2.24) is 4.90 Å². The fourth-order valence-corrected chi connectivity index (χ4v) is 6.61. The second kappa shape index (κ2) is 7.07. The van der Waals surface area contributed by atoms with Crippen molar-refractivity contribution < 1.29 is 22.2 Å². The lowest BCUT2D eigenvalue weighted by atomic mass is 9.75. The number of amides is 3. The summed E-state index contributed by atoms with van der Waals surface area (Å²) in [5.74, 6) is -8.00. The molecule has 0 saturated carbocycles. The quantitative estimate of drug-likeness (QED) is 0.551. The number of fused-ring (bicyclic) bond motifs is 7. The van der Waals surface area contributed by atoms with Crippen LogP contribution >= 0.6 is 46.4 Å². The van der Waals surface area contributed by atoms with E-state index in [0.29, 0.717) is 4.90 Å². The van der Waals surface area contributed by atoms with Crippen molar-refractivity contribution >= 4 is 75.5 Å². The Bertz CT molecular complexity index is 1370. The van der Waals surface area contributed by atoms with Crippen LogP contribution < -0.4 is 10.2 Å². The molecule has 3 saturated heterocycles. The number of nitrogens with zero attached hydrogens (tertiary/aromatic N) is 2. The van der Waals surface area contributed by atoms with E-state index in [0.717, 1.165) is 0 Å². The first-order chi connectivity index (χ1) is 16.4. The molecule has 2 aromatic rings. The van der Waals surface area contributed by atoms with E-state index < -0.39 is 47.2 Å². The predicted molar refractivity (Wildman–Crippen MR) is 124 cm³/mol. The molecule has 4 unspecified atom stereocenters. The number of aliphatic hydroxyl groups excluding tert-OH is 1. The molecule has 6 rings (SSSR count). The first kappa shape index (κ1) is 19.4. The van der Waals surface area contributed by atoms with E-state index in [9.17, 15) is 22.2 Å². The molecular weight excluding hydrogens is 512 g/mol. The Hall–Kier alpha value is -1.87. The molecule has 3 amide bonds. The third-order valence-electron chi connectivity index (χ3n) is 6.64. The van der Waals surface area contributed by atoms with Crippen molar-refractivity contribution in [1.29, 1.82) is 0 Å². The van der Waals surface area contributed by atoms with Gasteiger partial charge in [-0.25, -0.2) is 4.90 Å². The van der Waals surface area contributed by atoms with Gasteiger partial charge in [-0.2, -0.15) is 0 Å². The number of nitrogens with one attached hydrogen (secondary N) is 1. The minimum absolute atomic E-state index is 0.0202. The smallest absolute Gasteiger partial charge is 0.250 e. The molecule has 0 radical (unpaired) electrons. The van der Waals surface area contributed by atoms with Crippen LogP contribution in [0.2, 0.25) is 20.1 Å². The molecule has 170 valence electrons. The van der Waals surface area contributed by atoms with Gasteiger partial charge in [0.25, 0.3) is 5.91 Å². The van der Waals surface area contributed by atoms with E-state index >= 15 is 0 Å². The third-order valence-corrected chi connectivity index (χ3v) is 7.59. The lowest BCUT2D eigenvalue weighted by Crippen LogP contribution is -2.54. The number of imide groups is 1. The minimum atomic E-state index is -2.65. The fraction of sp³-hybridized carbons (Fsp3) is 0.318. The van der Waals surface area contributed by atoms with Gasteiger partial charge in [-0.15, -0.1) is 0 Å². The van der Waals surface area contributed by atoms with Crippen molar-refractivity contribution in [2.75, 3.05) is 16.8 Å². The zero-order valence-electron chi connectivity index (χ0n) is 18.5. The van der Waals surface area contributed by atoms with E-state index in [-0.39, 0.29) is 50.0 Å². The van der Waals surface area contributed by atoms with Gasteiger partial charge in [-0.1, -0.05) is 46.4 Å². The second-order valence-corrected chi connectivity index (χ2v) is 10.1. The average molecular weight is 529 g/mol. The van der Waals surface area contributed by atoms with Crippen LogP contribution in [0.3, 0.4) is 0 Å². The summed E-state index contributed by atoms with van der Waals surface area (Å²) in [6.07, 6.45) is -1.08. The van der Waals surface area contributed by atoms with E-state index in [1.807, 2.05) is 0 Å². The summed E-state index contributed by atoms with van der Waals surface area (Å²) in [7, 11) is 0. The molecule has 2 aromatic carbocycles. The zero-order chi connectivity index (χ0) is 25.2. The monoisotopic (exact) mass is 527 g/mol. The molecule has 0 aliphatic carbocycles. The van der Waals surface area contributed by atoms with Gasteiger partial charge in [0, 0.05) is 36.0 Å². The van der Waals surface area contributed by atoms with Crippen LogP contribution in [0.5, 0.6) is 0 Å². The number of carbonyl (C=O) groups is 3. The second-order valence-electron chi connectivity index (χ2n) is 8.39. The highest BCUT2D eigenvalue weighted by molar-refractivity contribution is 6.38. The number of halogens is 4. The predicted octanol–water partition coefficient (Wildman–Crippen LogP) is 3.70. The molecule has 2 N–H and O–H groups in total. The molecule has 0 aromatic heterocycles. The molecule has 11 heteroatoms. The number of aliphatic hydroxyl groups is 1. The summed E-state index contributed by atoms with van der Waals surface area (Å²) >= 11 is 24.8. The van der Waals surface area contributed by atoms with E-state index in [4.69, 9.17) is 46.4 Å². The summed E-state index contributed by atoms with van der Waals surface area (Å²) in [5.41, 5.74) is -1.92. The van der Waals surface area contributed by atoms with Crippen LogP contribution in [0, 0.1) is 11.8 Å². The van der Waals surface area contributed by atoms with E-state index in [2.05, 4.69) is 5.32 Å². The van der Waals surface area contributed by atoms with Gasteiger partial charge in [0.15, 0.2) is 0 Å². The standard InChI is InChI=1S/C22H15Cl4N3O4/c23-8-1-9(24)3-11(2-8)29-19(31)16-15-6-12(30)7-28(15)22(17(16)20(29)32)13-4-10(25)5-14(26)18(13)27-21(22)33/h1-5,12,15-17,30H,6-7H2,(H,27,33)/t12-,15?,16?,17?,22?/m0/s1/i16D,17D. The van der Waals surface area contributed by atoms with Gasteiger partial charge >= 0.3 is 0 Å². The number of hydrogen-bond donors (Lipinski definition) is 2. The van der Waals surface area contributed by atoms with Crippen molar-refractivity contribution in [3.63, 3.8) is 0 Å². The number of hydrogen-bond acceptors (Lipinski definition) is 5. The van der Waals surface area contributed by atoms with E-state index in [1.54, 1.807) is 0 Å². The molecule has 5 atom stereocenters. The SMILES string of the molecule is [2H]C12C(=O)N(c3cc(Cl)cc(Cl)c3)C(=O)C1([2H])C1(C(=O)Nc3c(Cl)cc(Cl)cc31)N1C[C@@H](O)CC12. The number of rotatable bonds is 1. The first-order valence-electron chi connectivity index (χ1n) is 11.0. The largest absolute Gasteiger partial charge is 0.392 e. The number of benzene rings is 2. The maximum atomic E-state index is 14.1. The van der Waals surface area contributed by atoms with Gasteiger partial charge in [0.05, 0.1) is 34.3 Å². The summed E-state index contributed by atoms with van der Waals surface area (Å²) in [4.78, 5) is 43.9. The minimum Gasteiger partial charge on any atom is -0.392 e. The first-order valence-corrected chi connectivity index (χ1v) is 11.5. The van der Waals surface area contributed by atoms with Crippen LogP contribution in [-0.2, 0) is 19.9 Å². The van der Waals surface area contributed by atoms with Crippen molar-refractivity contribution in [2.45, 2.75) is 24.1 Å². The Morgan fingerprint density at radius 1 is 1.00 bits per heavy atom. The summed E-state index contributed by atoms with van der Waals surface area (Å²) in [6, 6.07) is 5.73. The van der Waals surface area contributed by atoms with Crippen LogP contribution in [0.1, 0.15) is 14.7 Å². The van der Waals surface area contributed by atoms with Gasteiger partial charge in [0.1, 0.15) is 5.54 Å². The Kier molecular flexibility index (Phi) is 4.17. The summed E-state index contributed by atoms with van der Waals surface area (Å²) < 4.78 is 19.0. The molecule has 0 bridgehead atoms. The fourth-order valence-electron chi connectivity index (χ4n) is 5.56. The Labute approximate surface area is 210 Å². The Balaban J connectivity index is 1.68. The molecule has 33 heavy (non-hydrogen) atoms. The third kappa shape index (κ3) is 2.69. The molecule has 3 fully saturated rings. The zero-order valence-corrected chi connectivity index (χ0v) is 19.6. The summed E-state index contributed by atoms with van der Waals surface area (Å²) in [5, 5.41) is 13.7. The average Bonchev–Trinajstić information content (AvgIpc) is 3.37. The lowest BCUT2D eigenvalue weighted by molar-refractivity contribution is -0.135. The number of carbonyl (C=O) groups excluding carboxylic acids is 3. The van der Waals surface area contributed by atoms with Crippen LogP contribution in [0.4, 0.5) is 11.4 Å². The normalized spacial score (nSPS) is 37.8. The molecule has 1 spiro atoms. The van der Waals surface area contributed by atoms with Crippen molar-refractivity contribution in [3.8, 4) is 0 Å². The highest BCUT2D eigenvalue weighted by Crippen LogP contribution is 2.61.